The molecular weight excluding hydrogens is 346 g/mol. The zero-order valence-electron chi connectivity index (χ0n) is 13.3. The highest BCUT2D eigenvalue weighted by Gasteiger charge is 2.16. The van der Waals surface area contributed by atoms with E-state index in [0.29, 0.717) is 27.7 Å². The van der Waals surface area contributed by atoms with Crippen molar-refractivity contribution in [3.63, 3.8) is 0 Å². The Morgan fingerprint density at radius 3 is 2.68 bits per heavy atom. The van der Waals surface area contributed by atoms with Crippen LogP contribution in [0.5, 0.6) is 11.5 Å². The molecule has 0 saturated carbocycles. The molecule has 1 heterocycles. The molecule has 25 heavy (non-hydrogen) atoms. The van der Waals surface area contributed by atoms with Gasteiger partial charge in [0.1, 0.15) is 11.5 Å². The number of fused-ring (bicyclic) bond motifs is 1. The van der Waals surface area contributed by atoms with Crippen LogP contribution >= 0.6 is 11.3 Å². The molecule has 8 nitrogen and oxygen atoms in total. The van der Waals surface area contributed by atoms with Crippen LogP contribution in [0.4, 0.5) is 10.8 Å². The summed E-state index contributed by atoms with van der Waals surface area (Å²) in [5.74, 6) is 0.505. The Bertz CT molecular complexity index is 970. The molecule has 9 heteroatoms. The number of hydrogen-bond acceptors (Lipinski definition) is 7. The van der Waals surface area contributed by atoms with Crippen LogP contribution in [0.25, 0.3) is 10.2 Å². The number of carbonyl (C=O) groups is 1. The van der Waals surface area contributed by atoms with Gasteiger partial charge in [0, 0.05) is 12.1 Å². The minimum absolute atomic E-state index is 0.0508. The molecule has 3 rings (SSSR count). The van der Waals surface area contributed by atoms with Crippen molar-refractivity contribution in [3.8, 4) is 11.5 Å². The van der Waals surface area contributed by atoms with Crippen LogP contribution in [0.1, 0.15) is 10.4 Å². The van der Waals surface area contributed by atoms with Crippen molar-refractivity contribution in [2.24, 2.45) is 0 Å². The summed E-state index contributed by atoms with van der Waals surface area (Å²) >= 11 is 1.23. The minimum atomic E-state index is -0.488. The van der Waals surface area contributed by atoms with Gasteiger partial charge in [0.2, 0.25) is 0 Å². The predicted octanol–water partition coefficient (Wildman–Crippen LogP) is 3.47. The molecule has 0 unspecified atom stereocenters. The summed E-state index contributed by atoms with van der Waals surface area (Å²) in [7, 11) is 2.97. The molecule has 1 amide bonds. The highest BCUT2D eigenvalue weighted by Crippen LogP contribution is 2.30. The maximum absolute atomic E-state index is 12.5. The van der Waals surface area contributed by atoms with Gasteiger partial charge in [0.25, 0.3) is 11.6 Å². The topological polar surface area (TPSA) is 104 Å². The van der Waals surface area contributed by atoms with E-state index in [4.69, 9.17) is 9.47 Å². The molecule has 2 aromatic carbocycles. The molecule has 1 N–H and O–H groups in total. The average molecular weight is 359 g/mol. The normalized spacial score (nSPS) is 10.5. The number of benzene rings is 2. The van der Waals surface area contributed by atoms with Gasteiger partial charge in [-0.1, -0.05) is 11.3 Å². The Kier molecular flexibility index (Phi) is 4.48. The molecule has 0 fully saturated rings. The molecule has 0 atom stereocenters. The van der Waals surface area contributed by atoms with Gasteiger partial charge in [0.15, 0.2) is 5.13 Å². The summed E-state index contributed by atoms with van der Waals surface area (Å²) in [4.78, 5) is 27.1. The van der Waals surface area contributed by atoms with Gasteiger partial charge in [-0.3, -0.25) is 20.2 Å². The fourth-order valence-electron chi connectivity index (χ4n) is 2.24. The fraction of sp³-hybridized carbons (Fsp3) is 0.125. The van der Waals surface area contributed by atoms with Crippen LogP contribution in [-0.4, -0.2) is 30.0 Å². The molecule has 0 aliphatic carbocycles. The summed E-state index contributed by atoms with van der Waals surface area (Å²) in [5.41, 5.74) is 0.698. The number of hydrogen-bond donors (Lipinski definition) is 1. The SMILES string of the molecule is COc1ccc(OC)c(C(=O)Nc2nc3cc([N+](=O)[O-])ccc3s2)c1. The van der Waals surface area contributed by atoms with Crippen molar-refractivity contribution >= 4 is 38.3 Å². The number of nitro benzene ring substituents is 1. The lowest BCUT2D eigenvalue weighted by molar-refractivity contribution is -0.384. The van der Waals surface area contributed by atoms with Crippen LogP contribution in [0.15, 0.2) is 36.4 Å². The van der Waals surface area contributed by atoms with Crippen molar-refractivity contribution in [2.45, 2.75) is 0 Å². The van der Waals surface area contributed by atoms with Gasteiger partial charge in [-0.05, 0) is 24.3 Å². The Balaban J connectivity index is 1.90. The number of aromatic nitrogens is 1. The van der Waals surface area contributed by atoms with Crippen LogP contribution in [0, 0.1) is 10.1 Å². The van der Waals surface area contributed by atoms with E-state index in [-0.39, 0.29) is 5.69 Å². The Hall–Kier alpha value is -3.20. The van der Waals surface area contributed by atoms with Gasteiger partial charge >= 0.3 is 0 Å². The summed E-state index contributed by atoms with van der Waals surface area (Å²) in [6.45, 7) is 0. The van der Waals surface area contributed by atoms with Gasteiger partial charge in [0.05, 0.1) is 34.9 Å². The first-order chi connectivity index (χ1) is 12.0. The fourth-order valence-corrected chi connectivity index (χ4v) is 3.08. The number of ether oxygens (including phenoxy) is 2. The van der Waals surface area contributed by atoms with Crippen LogP contribution in [-0.2, 0) is 0 Å². The second kappa shape index (κ2) is 6.73. The standard InChI is InChI=1S/C16H13N3O5S/c1-23-10-4-5-13(24-2)11(8-10)15(20)18-16-17-12-7-9(19(21)22)3-6-14(12)25-16/h3-8H,1-2H3,(H,17,18,20). The molecule has 0 bridgehead atoms. The molecule has 0 radical (unpaired) electrons. The first kappa shape index (κ1) is 16.7. The number of nitrogens with zero attached hydrogens (tertiary/aromatic N) is 2. The summed E-state index contributed by atoms with van der Waals surface area (Å²) in [5, 5.41) is 13.9. The first-order valence-corrected chi connectivity index (χ1v) is 7.92. The summed E-state index contributed by atoms with van der Waals surface area (Å²) < 4.78 is 11.1. The van der Waals surface area contributed by atoms with Crippen LogP contribution in [0.3, 0.4) is 0 Å². The van der Waals surface area contributed by atoms with E-state index in [1.54, 1.807) is 24.3 Å². The Labute approximate surface area is 146 Å². The van der Waals surface area contributed by atoms with Crippen LogP contribution in [0.2, 0.25) is 0 Å². The highest BCUT2D eigenvalue weighted by atomic mass is 32.1. The number of nitrogens with one attached hydrogen (secondary N) is 1. The first-order valence-electron chi connectivity index (χ1n) is 7.10. The molecule has 3 aromatic rings. The molecule has 0 spiro atoms. The van der Waals surface area contributed by atoms with Crippen molar-refractivity contribution in [1.29, 1.82) is 0 Å². The number of thiazole rings is 1. The van der Waals surface area contributed by atoms with Crippen molar-refractivity contribution in [3.05, 3.63) is 52.1 Å². The minimum Gasteiger partial charge on any atom is -0.497 e. The van der Waals surface area contributed by atoms with Crippen LogP contribution < -0.4 is 14.8 Å². The zero-order valence-corrected chi connectivity index (χ0v) is 14.1. The number of non-ortho nitro benzene ring substituents is 1. The van der Waals surface area contributed by atoms with Gasteiger partial charge in [-0.25, -0.2) is 4.98 Å². The molecule has 128 valence electrons. The monoisotopic (exact) mass is 359 g/mol. The predicted molar refractivity (Wildman–Crippen MR) is 93.8 cm³/mol. The third-order valence-electron chi connectivity index (χ3n) is 3.45. The lowest BCUT2D eigenvalue weighted by Gasteiger charge is -2.09. The van der Waals surface area contributed by atoms with E-state index in [0.717, 1.165) is 4.70 Å². The second-order valence-corrected chi connectivity index (χ2v) is 5.98. The molecule has 1 aromatic heterocycles. The highest BCUT2D eigenvalue weighted by molar-refractivity contribution is 7.22. The van der Waals surface area contributed by atoms with Gasteiger partial charge < -0.3 is 9.47 Å². The van der Waals surface area contributed by atoms with E-state index in [9.17, 15) is 14.9 Å². The van der Waals surface area contributed by atoms with Crippen molar-refractivity contribution in [2.75, 3.05) is 19.5 Å². The van der Waals surface area contributed by atoms with Gasteiger partial charge in [-0.15, -0.1) is 0 Å². The number of carbonyl (C=O) groups excluding carboxylic acids is 1. The molecule has 0 aliphatic heterocycles. The van der Waals surface area contributed by atoms with Crippen molar-refractivity contribution in [1.82, 2.24) is 4.98 Å². The Morgan fingerprint density at radius 1 is 1.20 bits per heavy atom. The number of amides is 1. The van der Waals surface area contributed by atoms with Gasteiger partial charge in [-0.2, -0.15) is 0 Å². The quantitative estimate of drug-likeness (QED) is 0.552. The van der Waals surface area contributed by atoms with E-state index in [1.165, 1.54) is 37.7 Å². The summed E-state index contributed by atoms with van der Waals surface area (Å²) in [6, 6.07) is 9.26. The third-order valence-corrected chi connectivity index (χ3v) is 4.41. The van der Waals surface area contributed by atoms with Crippen molar-refractivity contribution < 1.29 is 19.2 Å². The number of anilines is 1. The summed E-state index contributed by atoms with van der Waals surface area (Å²) in [6.07, 6.45) is 0. The molecule has 0 aliphatic rings. The lowest BCUT2D eigenvalue weighted by atomic mass is 10.2. The smallest absolute Gasteiger partial charge is 0.271 e. The lowest BCUT2D eigenvalue weighted by Crippen LogP contribution is -2.13. The Morgan fingerprint density at radius 2 is 2.00 bits per heavy atom. The maximum Gasteiger partial charge on any atom is 0.271 e. The zero-order chi connectivity index (χ0) is 18.0. The van der Waals surface area contributed by atoms with E-state index in [2.05, 4.69) is 10.3 Å². The largest absolute Gasteiger partial charge is 0.497 e. The van der Waals surface area contributed by atoms with E-state index >= 15 is 0 Å². The number of methoxy groups -OCH3 is 2. The molecule has 0 saturated heterocycles. The average Bonchev–Trinajstić information content (AvgIpc) is 3.02. The second-order valence-electron chi connectivity index (χ2n) is 4.95. The van der Waals surface area contributed by atoms with E-state index < -0.39 is 10.8 Å². The third kappa shape index (κ3) is 3.36. The van der Waals surface area contributed by atoms with E-state index in [1.807, 2.05) is 0 Å². The number of nitro groups is 1. The number of rotatable bonds is 5. The maximum atomic E-state index is 12.5. The molecular formula is C16H13N3O5S.